The molecule has 7 heterocycles. The van der Waals surface area contributed by atoms with E-state index < -0.39 is 35.5 Å². The molecular weight excluding hydrogens is 2220 g/mol. The molecule has 6 amide bonds. The lowest BCUT2D eigenvalue weighted by Gasteiger charge is -2.18. The number of benzene rings is 11. The number of nitrogens with one attached hydrogen (secondary N) is 12. The van der Waals surface area contributed by atoms with Crippen LogP contribution in [-0.2, 0) is 35.2 Å². The maximum atomic E-state index is 12.9. The number of pyridine rings is 1. The quantitative estimate of drug-likeness (QED) is 0.0179. The number of nitrogens with zero attached hydrogens (tertiary/aromatic N) is 7. The number of carbonyl (C=O) groups is 6. The zero-order chi connectivity index (χ0) is 108. The molecule has 18 rings (SSSR count). The number of rotatable bonds is 31. The molecule has 24 N–H and O–H groups in total. The topological polar surface area (TPSA) is 516 Å². The molecule has 0 aliphatic rings. The fourth-order valence-corrected chi connectivity index (χ4v) is 18.9. The van der Waals surface area contributed by atoms with Gasteiger partial charge in [-0.3, -0.25) is 59.4 Å². The first-order valence-corrected chi connectivity index (χ1v) is 52.4. The van der Waals surface area contributed by atoms with E-state index in [4.69, 9.17) is 174 Å². The van der Waals surface area contributed by atoms with Crippen molar-refractivity contribution in [3.63, 3.8) is 0 Å². The van der Waals surface area contributed by atoms with Crippen molar-refractivity contribution in [2.45, 2.75) is 108 Å². The van der Waals surface area contributed by atoms with E-state index in [0.717, 1.165) is 127 Å². The van der Waals surface area contributed by atoms with E-state index in [2.05, 4.69) is 121 Å². The molecule has 18 aromatic rings. The Balaban J connectivity index is 0.000000150. The van der Waals surface area contributed by atoms with E-state index in [9.17, 15) is 28.8 Å². The Morgan fingerprint density at radius 3 is 0.933 bits per heavy atom. The summed E-state index contributed by atoms with van der Waals surface area (Å²) in [5.74, 6) is -3.50. The van der Waals surface area contributed by atoms with Crippen molar-refractivity contribution in [1.29, 1.82) is 0 Å². The van der Waals surface area contributed by atoms with Crippen LogP contribution in [0.1, 0.15) is 137 Å². The molecule has 11 aromatic carbocycles. The minimum atomic E-state index is -0.475. The average Bonchev–Trinajstić information content (AvgIpc) is 1.57. The Labute approximate surface area is 930 Å². The van der Waals surface area contributed by atoms with E-state index in [1.54, 1.807) is 121 Å². The van der Waals surface area contributed by atoms with Gasteiger partial charge in [0.05, 0.1) is 125 Å². The van der Waals surface area contributed by atoms with Crippen molar-refractivity contribution in [1.82, 2.24) is 66.2 Å². The van der Waals surface area contributed by atoms with Crippen LogP contribution in [0, 0.1) is 20.8 Å². The third-order valence-electron chi connectivity index (χ3n) is 24.3. The average molecular weight is 2330 g/mol. The summed E-state index contributed by atoms with van der Waals surface area (Å²) in [6.45, 7) is 10.1. The molecule has 0 aliphatic carbocycles. The molecule has 0 radical (unpaired) electrons. The van der Waals surface area contributed by atoms with Crippen LogP contribution in [0.2, 0.25) is 60.5 Å². The van der Waals surface area contributed by atoms with Crippen LogP contribution in [0.5, 0.6) is 0 Å². The number of fused-ring (bicyclic) bond motifs is 6. The Hall–Kier alpha value is -12.1. The second-order valence-corrected chi connectivity index (χ2v) is 40.1. The Bertz CT molecular complexity index is 7500. The van der Waals surface area contributed by atoms with Crippen molar-refractivity contribution in [2.24, 2.45) is 34.4 Å². The van der Waals surface area contributed by atoms with Gasteiger partial charge < -0.3 is 66.3 Å². The van der Waals surface area contributed by atoms with Gasteiger partial charge in [-0.15, -0.1) is 0 Å². The highest BCUT2D eigenvalue weighted by molar-refractivity contribution is 9.10. The number of hydrogen-bond donors (Lipinski definition) is 18. The van der Waals surface area contributed by atoms with Crippen LogP contribution in [0.15, 0.2) is 223 Å². The summed E-state index contributed by atoms with van der Waals surface area (Å²) in [6, 6.07) is 64.5. The smallest absolute Gasteiger partial charge is 0.233 e. The molecule has 0 bridgehead atoms. The molecule has 6 atom stereocenters. The number of H-pyrrole nitrogens is 6. The summed E-state index contributed by atoms with van der Waals surface area (Å²) >= 11 is 76.0. The third-order valence-corrected chi connectivity index (χ3v) is 29.2. The van der Waals surface area contributed by atoms with E-state index in [1.165, 1.54) is 0 Å². The van der Waals surface area contributed by atoms with E-state index >= 15 is 0 Å². The lowest BCUT2D eigenvalue weighted by Crippen LogP contribution is -2.24. The van der Waals surface area contributed by atoms with Gasteiger partial charge in [-0.25, -0.2) is 4.98 Å². The van der Waals surface area contributed by atoms with Crippen molar-refractivity contribution in [3.8, 4) is 0 Å². The summed E-state index contributed by atoms with van der Waals surface area (Å²) in [4.78, 5) is 81.0. The number of aromatic amines is 6. The minimum Gasteiger partial charge on any atom is -0.330 e. The van der Waals surface area contributed by atoms with E-state index in [-0.39, 0.29) is 35.4 Å². The first kappa shape index (κ1) is 115. The summed E-state index contributed by atoms with van der Waals surface area (Å²) in [6.07, 6.45) is 3.81. The number of aromatic nitrogens is 13. The van der Waals surface area contributed by atoms with Gasteiger partial charge in [-0.1, -0.05) is 189 Å². The van der Waals surface area contributed by atoms with Crippen molar-refractivity contribution < 1.29 is 28.8 Å². The van der Waals surface area contributed by atoms with Crippen molar-refractivity contribution in [3.05, 3.63) is 340 Å². The van der Waals surface area contributed by atoms with Gasteiger partial charge >= 0.3 is 0 Å². The molecule has 150 heavy (non-hydrogen) atoms. The highest BCUT2D eigenvalue weighted by atomic mass is 79.9. The van der Waals surface area contributed by atoms with Crippen LogP contribution in [0.4, 0.5) is 34.1 Å². The molecule has 780 valence electrons. The van der Waals surface area contributed by atoms with Crippen molar-refractivity contribution >= 4 is 290 Å². The molecule has 44 heteroatoms. The molecule has 0 fully saturated rings. The number of halogens is 13. The Kier molecular flexibility index (Phi) is 42.0. The molecule has 0 spiro atoms. The largest absolute Gasteiger partial charge is 0.330 e. The van der Waals surface area contributed by atoms with E-state index in [1.807, 2.05) is 118 Å². The number of nitrogens with two attached hydrogens (primary N) is 6. The van der Waals surface area contributed by atoms with Gasteiger partial charge in [0.1, 0.15) is 14.9 Å². The van der Waals surface area contributed by atoms with Crippen LogP contribution >= 0.6 is 155 Å². The number of amides is 6. The fourth-order valence-electron chi connectivity index (χ4n) is 16.5. The predicted molar refractivity (Wildman–Crippen MR) is 615 cm³/mol. The molecule has 0 aliphatic heterocycles. The van der Waals surface area contributed by atoms with Crippen LogP contribution in [0.3, 0.4) is 0 Å². The highest BCUT2D eigenvalue weighted by Crippen LogP contribution is 2.40. The molecule has 6 unspecified atom stereocenters. The zero-order valence-corrected chi connectivity index (χ0v) is 91.6. The lowest BCUT2D eigenvalue weighted by atomic mass is 9.94. The minimum absolute atomic E-state index is 0.130. The number of hydrogen-bond acceptors (Lipinski definition) is 19. The highest BCUT2D eigenvalue weighted by Gasteiger charge is 2.30. The summed E-state index contributed by atoms with van der Waals surface area (Å²) in [7, 11) is 0. The van der Waals surface area contributed by atoms with Crippen LogP contribution < -0.4 is 66.3 Å². The zero-order valence-electron chi connectivity index (χ0n) is 80.9. The second-order valence-electron chi connectivity index (χ2n) is 34.5. The second kappa shape index (κ2) is 54.8. The predicted octanol–water partition coefficient (Wildman–Crippen LogP) is 25.3. The Morgan fingerprint density at radius 1 is 0.293 bits per heavy atom. The van der Waals surface area contributed by atoms with Gasteiger partial charge in [0, 0.05) is 89.2 Å². The summed E-state index contributed by atoms with van der Waals surface area (Å²) in [5, 5.41) is 70.6. The molecule has 0 saturated carbocycles. The van der Waals surface area contributed by atoms with Gasteiger partial charge in [-0.2, -0.15) is 30.6 Å². The molecule has 0 saturated heterocycles. The standard InChI is InChI=1S/C19H20Cl2N4O.2C18H18Cl2N4O.C17H15BrCl2N4O.C17H15Cl3N4O.C17H18ClN5O/c1-2-17-14-10-12(4-6-18(14)25-24-17)23-19(26)13(7-8-22)11-3-5-15(20)16(21)9-11;1-10-14-9-12(3-5-17(14)24-23-10)22-18(25)13(6-7-21)11-2-4-15(19)16(20)8-11;1-10-14-9-11(5-6-16(14)24-23-10)22-18(25)13(7-8-21)12-3-2-4-15(19)17(12)20;18-16-12-8-10(2-4-15(12)23-24-16)22-17(25)11(5-6-21)9-1-3-13(19)14(20)7-9;18-13-3-1-9(7-14(13)19)11(5-6-21)17(25)22-10-2-4-15-12(8-10)16(20)24-23-15;1-10-13-9-11(5-6-15(13)23-22-10)20-17(24)12(7-8-19)14-3-2-4-16(18)21-14/h3-6,9-10,13H,2,7-8,22H2,1H3,(H,23,26)(H,24,25);2-5,8-9,13H,6-7,21H2,1H3,(H,22,25)(H,23,24);2-6,9,13H,7-8,21H2,1H3,(H,22,25)(H,23,24);2*1-4,7-8,11H,5-6,21H2,(H,22,25)(H,23,24);2-6,9,12H,7-8,19H2,1H3,(H,20,24)(H,22,23). The maximum absolute atomic E-state index is 12.9. The van der Waals surface area contributed by atoms with Gasteiger partial charge in [0.25, 0.3) is 0 Å². The van der Waals surface area contributed by atoms with Gasteiger partial charge in [0.2, 0.25) is 35.4 Å². The number of anilines is 6. The summed E-state index contributed by atoms with van der Waals surface area (Å²) < 4.78 is 0.765. The van der Waals surface area contributed by atoms with Crippen LogP contribution in [-0.4, -0.2) is 141 Å². The Morgan fingerprint density at radius 2 is 0.580 bits per heavy atom. The first-order chi connectivity index (χ1) is 72.1. The molecular formula is C106H104BrCl12N25O6. The number of aryl methyl sites for hydroxylation is 4. The van der Waals surface area contributed by atoms with Gasteiger partial charge in [-0.05, 0) is 325 Å². The van der Waals surface area contributed by atoms with Crippen LogP contribution in [0.25, 0.3) is 65.4 Å². The SMILES string of the molecule is CCc1[nH]nc2ccc(NC(=O)C(CCN)c3ccc(Cl)c(Cl)c3)cc12.Cc1[nH]nc2ccc(NC(=O)C(CCN)c3ccc(Cl)c(Cl)c3)cc12.Cc1[nH]nc2ccc(NC(=O)C(CCN)c3cccc(Cl)c3Cl)cc12.Cc1[nH]nc2ccc(NC(=O)C(CCN)c3cccc(Cl)n3)cc12.NCCC(C(=O)Nc1ccc2n[nH]c(Br)c2c1)c1ccc(Cl)c(Cl)c1.NCCC(C(=O)Nc1ccc2n[nH]c(Cl)c2c1)c1ccc(Cl)c(Cl)c1. The maximum Gasteiger partial charge on any atom is 0.233 e. The number of carbonyl (C=O) groups excluding carboxylic acids is 6. The lowest BCUT2D eigenvalue weighted by molar-refractivity contribution is -0.118. The first-order valence-electron chi connectivity index (χ1n) is 47.1. The molecule has 7 aromatic heterocycles. The molecule has 31 nitrogen and oxygen atoms in total. The summed E-state index contributed by atoms with van der Waals surface area (Å²) in [5.41, 5.74) is 51.6. The normalized spacial score (nSPS) is 12.3. The third kappa shape index (κ3) is 29.9. The fraction of sp³-hybridized carbons (Fsp3) is 0.217. The van der Waals surface area contributed by atoms with E-state index in [0.29, 0.717) is 178 Å². The van der Waals surface area contributed by atoms with Gasteiger partial charge in [0.15, 0.2) is 0 Å². The van der Waals surface area contributed by atoms with Crippen molar-refractivity contribution in [2.75, 3.05) is 71.2 Å². The monoisotopic (exact) mass is 2320 g/mol.